The fraction of sp³-hybridized carbons (Fsp3) is 1.00. The molecule has 1 aliphatic rings. The molecule has 0 aliphatic heterocycles. The molecule has 0 saturated heterocycles. The van der Waals surface area contributed by atoms with Gasteiger partial charge in [-0.15, -0.1) is 0 Å². The van der Waals surface area contributed by atoms with Crippen molar-refractivity contribution < 1.29 is 19.5 Å². The predicted molar refractivity (Wildman–Crippen MR) is 43.7 cm³/mol. The summed E-state index contributed by atoms with van der Waals surface area (Å²) in [7, 11) is 0. The summed E-state index contributed by atoms with van der Waals surface area (Å²) < 4.78 is 0. The summed E-state index contributed by atoms with van der Waals surface area (Å²) in [5, 5.41) is 0. The van der Waals surface area contributed by atoms with E-state index in [1.165, 1.54) is 44.9 Å². The molecule has 1 saturated carbocycles. The molecular weight excluding hydrogens is 211 g/mol. The van der Waals surface area contributed by atoms with Gasteiger partial charge in [-0.05, 0) is 0 Å². The van der Waals surface area contributed by atoms with Crippen LogP contribution in [0.1, 0.15) is 58.8 Å². The first-order chi connectivity index (χ1) is 4.41. The number of rotatable bonds is 1. The third-order valence-electron chi connectivity index (χ3n) is 1.75. The van der Waals surface area contributed by atoms with Gasteiger partial charge in [0.2, 0.25) is 0 Å². The minimum Gasteiger partial charge on any atom is -0.0654 e. The normalized spacial score (nSPS) is 15.0. The van der Waals surface area contributed by atoms with Gasteiger partial charge in [-0.1, -0.05) is 58.8 Å². The monoisotopic (exact) mass is 231 g/mol. The first-order valence-corrected chi connectivity index (χ1v) is 4.41. The van der Waals surface area contributed by atoms with Crippen LogP contribution in [0.3, 0.4) is 0 Å². The smallest absolute Gasteiger partial charge is 0 e. The van der Waals surface area contributed by atoms with Crippen molar-refractivity contribution in [3.8, 4) is 0 Å². The average molecular weight is 231 g/mol. The topological polar surface area (TPSA) is 0 Å². The van der Waals surface area contributed by atoms with Crippen LogP contribution in [-0.4, -0.2) is 0 Å². The van der Waals surface area contributed by atoms with E-state index in [0.29, 0.717) is 0 Å². The summed E-state index contributed by atoms with van der Waals surface area (Å²) in [6.45, 7) is 4.36. The van der Waals surface area contributed by atoms with Crippen LogP contribution in [0, 0.1) is 0 Å². The standard InChI is InChI=1S/C5H10.C4H10.Rh/c1-2-4-5-3-1;1-3-4-2;/h1-5H2;3-4H2,1-2H3;. The van der Waals surface area contributed by atoms with Gasteiger partial charge >= 0.3 is 0 Å². The predicted octanol–water partition coefficient (Wildman–Crippen LogP) is 3.75. The van der Waals surface area contributed by atoms with Gasteiger partial charge in [-0.2, -0.15) is 0 Å². The second-order valence-electron chi connectivity index (χ2n) is 2.77. The van der Waals surface area contributed by atoms with E-state index in [1.807, 2.05) is 0 Å². The Labute approximate surface area is 78.5 Å². The minimum absolute atomic E-state index is 0. The third kappa shape index (κ3) is 11.4. The van der Waals surface area contributed by atoms with E-state index in [9.17, 15) is 0 Å². The van der Waals surface area contributed by atoms with Gasteiger partial charge in [-0.25, -0.2) is 0 Å². The van der Waals surface area contributed by atoms with Gasteiger partial charge in [0.05, 0.1) is 0 Å². The molecule has 0 nitrogen and oxygen atoms in total. The van der Waals surface area contributed by atoms with Gasteiger partial charge in [-0.3, -0.25) is 0 Å². The Balaban J connectivity index is 0. The van der Waals surface area contributed by atoms with Crippen LogP contribution in [-0.2, 0) is 19.5 Å². The van der Waals surface area contributed by atoms with Crippen LogP contribution < -0.4 is 0 Å². The molecular formula is C9H20Rh. The second-order valence-corrected chi connectivity index (χ2v) is 2.77. The van der Waals surface area contributed by atoms with Crippen LogP contribution in [0.2, 0.25) is 0 Å². The zero-order chi connectivity index (χ0) is 6.95. The van der Waals surface area contributed by atoms with Crippen molar-refractivity contribution in [2.24, 2.45) is 0 Å². The molecule has 0 unspecified atom stereocenters. The Bertz CT molecular complexity index is 30.4. The van der Waals surface area contributed by atoms with Crippen molar-refractivity contribution in [3.05, 3.63) is 0 Å². The van der Waals surface area contributed by atoms with Gasteiger partial charge in [0.15, 0.2) is 0 Å². The maximum Gasteiger partial charge on any atom is 0 e. The zero-order valence-corrected chi connectivity index (χ0v) is 8.92. The molecule has 0 heterocycles. The van der Waals surface area contributed by atoms with E-state index in [-0.39, 0.29) is 19.5 Å². The maximum absolute atomic E-state index is 2.18. The Morgan fingerprint density at radius 2 is 0.900 bits per heavy atom. The van der Waals surface area contributed by atoms with Crippen molar-refractivity contribution >= 4 is 0 Å². The van der Waals surface area contributed by atoms with Crippen LogP contribution in [0.5, 0.6) is 0 Å². The Kier molecular flexibility index (Phi) is 16.3. The van der Waals surface area contributed by atoms with E-state index in [0.717, 1.165) is 0 Å². The maximum atomic E-state index is 2.18. The minimum atomic E-state index is 0. The summed E-state index contributed by atoms with van der Waals surface area (Å²) in [5.41, 5.74) is 0. The molecule has 0 aromatic heterocycles. The summed E-state index contributed by atoms with van der Waals surface area (Å²) in [6.07, 6.45) is 10.1. The summed E-state index contributed by atoms with van der Waals surface area (Å²) >= 11 is 0. The molecule has 1 rings (SSSR count). The van der Waals surface area contributed by atoms with Crippen LogP contribution in [0.25, 0.3) is 0 Å². The molecule has 1 radical (unpaired) electrons. The molecule has 0 atom stereocenters. The Hall–Kier alpha value is 0.623. The van der Waals surface area contributed by atoms with E-state index >= 15 is 0 Å². The Morgan fingerprint density at radius 3 is 1.00 bits per heavy atom. The largest absolute Gasteiger partial charge is 0.0654 e. The quantitative estimate of drug-likeness (QED) is 0.603. The van der Waals surface area contributed by atoms with Crippen molar-refractivity contribution in [2.45, 2.75) is 58.8 Å². The van der Waals surface area contributed by atoms with Crippen molar-refractivity contribution in [1.82, 2.24) is 0 Å². The zero-order valence-electron chi connectivity index (χ0n) is 7.28. The van der Waals surface area contributed by atoms with Gasteiger partial charge < -0.3 is 0 Å². The first kappa shape index (κ1) is 13.2. The SMILES string of the molecule is C1CCCC1.CCCC.[Rh]. The second kappa shape index (κ2) is 12.3. The molecule has 0 aromatic rings. The first-order valence-electron chi connectivity index (χ1n) is 4.41. The fourth-order valence-electron chi connectivity index (χ4n) is 0.884. The summed E-state index contributed by atoms with van der Waals surface area (Å²) in [5.74, 6) is 0. The number of hydrogen-bond acceptors (Lipinski definition) is 0. The van der Waals surface area contributed by atoms with Gasteiger partial charge in [0.25, 0.3) is 0 Å². The number of hydrogen-bond donors (Lipinski definition) is 0. The molecule has 10 heavy (non-hydrogen) atoms. The molecule has 0 bridgehead atoms. The molecule has 0 N–H and O–H groups in total. The molecule has 1 heteroatoms. The Morgan fingerprint density at radius 1 is 0.700 bits per heavy atom. The molecule has 0 aromatic carbocycles. The van der Waals surface area contributed by atoms with E-state index < -0.39 is 0 Å². The van der Waals surface area contributed by atoms with Crippen molar-refractivity contribution in [2.75, 3.05) is 0 Å². The third-order valence-corrected chi connectivity index (χ3v) is 1.75. The van der Waals surface area contributed by atoms with E-state index in [1.54, 1.807) is 0 Å². The number of unbranched alkanes of at least 4 members (excludes halogenated alkanes) is 1. The molecule has 1 aliphatic carbocycles. The van der Waals surface area contributed by atoms with Crippen molar-refractivity contribution in [1.29, 1.82) is 0 Å². The van der Waals surface area contributed by atoms with E-state index in [4.69, 9.17) is 0 Å². The van der Waals surface area contributed by atoms with Crippen LogP contribution >= 0.6 is 0 Å². The van der Waals surface area contributed by atoms with Gasteiger partial charge in [0.1, 0.15) is 0 Å². The molecule has 0 spiro atoms. The van der Waals surface area contributed by atoms with Crippen LogP contribution in [0.15, 0.2) is 0 Å². The average Bonchev–Trinajstić information content (AvgIpc) is 2.43. The van der Waals surface area contributed by atoms with Crippen LogP contribution in [0.4, 0.5) is 0 Å². The molecule has 1 fully saturated rings. The van der Waals surface area contributed by atoms with Crippen molar-refractivity contribution in [3.63, 3.8) is 0 Å². The van der Waals surface area contributed by atoms with Gasteiger partial charge in [0, 0.05) is 19.5 Å². The molecule has 0 amide bonds. The summed E-state index contributed by atoms with van der Waals surface area (Å²) in [6, 6.07) is 0. The molecule has 65 valence electrons. The fourth-order valence-corrected chi connectivity index (χ4v) is 0.884. The van der Waals surface area contributed by atoms with E-state index in [2.05, 4.69) is 13.8 Å². The summed E-state index contributed by atoms with van der Waals surface area (Å²) in [4.78, 5) is 0.